The Kier molecular flexibility index (Phi) is 3.23. The number of rotatable bonds is 3. The first-order valence-electron chi connectivity index (χ1n) is 5.49. The Morgan fingerprint density at radius 1 is 1.28 bits per heavy atom. The van der Waals surface area contributed by atoms with Gasteiger partial charge in [0.05, 0.1) is 4.92 Å². The summed E-state index contributed by atoms with van der Waals surface area (Å²) < 4.78 is 0. The first-order valence-corrected chi connectivity index (χ1v) is 5.49. The molecule has 2 aromatic rings. The molecule has 1 N–H and O–H groups in total. The van der Waals surface area contributed by atoms with Gasteiger partial charge in [-0.15, -0.1) is 0 Å². The molecule has 2 rings (SSSR count). The molecular formula is C13H12N2O3. The van der Waals surface area contributed by atoms with Crippen LogP contribution in [-0.2, 0) is 6.42 Å². The van der Waals surface area contributed by atoms with Crippen LogP contribution in [0.1, 0.15) is 16.8 Å². The van der Waals surface area contributed by atoms with E-state index >= 15 is 0 Å². The van der Waals surface area contributed by atoms with Crippen molar-refractivity contribution in [2.24, 2.45) is 0 Å². The quantitative estimate of drug-likeness (QED) is 0.664. The van der Waals surface area contributed by atoms with Crippen LogP contribution in [0.2, 0.25) is 0 Å². The monoisotopic (exact) mass is 244 g/mol. The first-order chi connectivity index (χ1) is 8.58. The van der Waals surface area contributed by atoms with Crippen molar-refractivity contribution in [3.05, 3.63) is 73.7 Å². The molecule has 1 aromatic carbocycles. The Labute approximate surface area is 103 Å². The zero-order chi connectivity index (χ0) is 13.1. The predicted octanol–water partition coefficient (Wildman–Crippen LogP) is 2.18. The number of nitrogens with one attached hydrogen (secondary N) is 1. The Morgan fingerprint density at radius 2 is 1.94 bits per heavy atom. The lowest BCUT2D eigenvalue weighted by molar-refractivity contribution is -0.387. The number of H-pyrrole nitrogens is 1. The average Bonchev–Trinajstić information content (AvgIpc) is 2.28. The normalized spacial score (nSPS) is 10.3. The third-order valence-corrected chi connectivity index (χ3v) is 2.64. The van der Waals surface area contributed by atoms with E-state index in [1.54, 1.807) is 13.0 Å². The van der Waals surface area contributed by atoms with Crippen LogP contribution in [0.15, 0.2) is 41.2 Å². The summed E-state index contributed by atoms with van der Waals surface area (Å²) in [6.45, 7) is 1.71. The van der Waals surface area contributed by atoms with Crippen LogP contribution in [0, 0.1) is 17.0 Å². The van der Waals surface area contributed by atoms with Gasteiger partial charge in [-0.1, -0.05) is 30.3 Å². The largest absolute Gasteiger partial charge is 0.337 e. The molecule has 0 aliphatic rings. The molecule has 1 aromatic heterocycles. The minimum atomic E-state index is -0.647. The second-order valence-corrected chi connectivity index (χ2v) is 4.07. The molecule has 5 nitrogen and oxygen atoms in total. The molecule has 0 saturated heterocycles. The number of aromatic nitrogens is 1. The van der Waals surface area contributed by atoms with Gasteiger partial charge in [-0.05, 0) is 18.6 Å². The molecule has 0 spiro atoms. The lowest BCUT2D eigenvalue weighted by Gasteiger charge is -2.04. The number of pyridine rings is 1. The van der Waals surface area contributed by atoms with Crippen LogP contribution in [-0.4, -0.2) is 9.91 Å². The van der Waals surface area contributed by atoms with Crippen LogP contribution < -0.4 is 5.56 Å². The second-order valence-electron chi connectivity index (χ2n) is 4.07. The number of nitro groups is 1. The van der Waals surface area contributed by atoms with Crippen molar-refractivity contribution in [1.82, 2.24) is 4.98 Å². The van der Waals surface area contributed by atoms with Crippen molar-refractivity contribution in [3.8, 4) is 0 Å². The van der Waals surface area contributed by atoms with Crippen molar-refractivity contribution in [2.45, 2.75) is 13.3 Å². The highest BCUT2D eigenvalue weighted by Crippen LogP contribution is 2.17. The number of hydrogen-bond donors (Lipinski definition) is 1. The molecule has 5 heteroatoms. The molecule has 0 aliphatic carbocycles. The van der Waals surface area contributed by atoms with Crippen molar-refractivity contribution in [3.63, 3.8) is 0 Å². The fraction of sp³-hybridized carbons (Fsp3) is 0.154. The number of aryl methyl sites for hydroxylation is 1. The van der Waals surface area contributed by atoms with E-state index in [0.717, 1.165) is 5.56 Å². The van der Waals surface area contributed by atoms with Gasteiger partial charge in [-0.2, -0.15) is 0 Å². The van der Waals surface area contributed by atoms with Crippen molar-refractivity contribution in [2.75, 3.05) is 0 Å². The van der Waals surface area contributed by atoms with E-state index in [-0.39, 0.29) is 5.69 Å². The fourth-order valence-electron chi connectivity index (χ4n) is 1.90. The number of nitrogens with zero attached hydrogens (tertiary/aromatic N) is 1. The van der Waals surface area contributed by atoms with Gasteiger partial charge < -0.3 is 4.98 Å². The topological polar surface area (TPSA) is 76.0 Å². The SMILES string of the molecule is Cc1cc(Cc2ccccc2)c([N+](=O)[O-])c(=O)[nH]1. The summed E-state index contributed by atoms with van der Waals surface area (Å²) in [6.07, 6.45) is 0.377. The van der Waals surface area contributed by atoms with E-state index in [2.05, 4.69) is 4.98 Å². The Hall–Kier alpha value is -2.43. The van der Waals surface area contributed by atoms with Crippen LogP contribution >= 0.6 is 0 Å². The van der Waals surface area contributed by atoms with Crippen molar-refractivity contribution in [1.29, 1.82) is 0 Å². The van der Waals surface area contributed by atoms with Gasteiger partial charge in [0, 0.05) is 17.7 Å². The smallest absolute Gasteiger partial charge is 0.321 e. The molecule has 0 bridgehead atoms. The highest BCUT2D eigenvalue weighted by Gasteiger charge is 2.19. The number of hydrogen-bond acceptors (Lipinski definition) is 3. The van der Waals surface area contributed by atoms with Crippen LogP contribution in [0.4, 0.5) is 5.69 Å². The van der Waals surface area contributed by atoms with Crippen LogP contribution in [0.5, 0.6) is 0 Å². The summed E-state index contributed by atoms with van der Waals surface area (Å²) in [5.74, 6) is 0. The van der Waals surface area contributed by atoms with E-state index in [4.69, 9.17) is 0 Å². The van der Waals surface area contributed by atoms with E-state index in [9.17, 15) is 14.9 Å². The molecule has 0 fully saturated rings. The second kappa shape index (κ2) is 4.83. The maximum atomic E-state index is 11.6. The summed E-state index contributed by atoms with van der Waals surface area (Å²) >= 11 is 0. The summed E-state index contributed by atoms with van der Waals surface area (Å²) in [7, 11) is 0. The fourth-order valence-corrected chi connectivity index (χ4v) is 1.90. The third-order valence-electron chi connectivity index (χ3n) is 2.64. The van der Waals surface area contributed by atoms with Gasteiger partial charge >= 0.3 is 11.2 Å². The van der Waals surface area contributed by atoms with Crippen LogP contribution in [0.3, 0.4) is 0 Å². The highest BCUT2D eigenvalue weighted by atomic mass is 16.6. The molecule has 0 aliphatic heterocycles. The zero-order valence-corrected chi connectivity index (χ0v) is 9.84. The van der Waals surface area contributed by atoms with Crippen molar-refractivity contribution < 1.29 is 4.92 Å². The Bertz CT molecular complexity index is 632. The van der Waals surface area contributed by atoms with Crippen LogP contribution in [0.25, 0.3) is 0 Å². The van der Waals surface area contributed by atoms with E-state index in [0.29, 0.717) is 17.7 Å². The lowest BCUT2D eigenvalue weighted by Crippen LogP contribution is -2.15. The maximum absolute atomic E-state index is 11.6. The molecule has 0 saturated carbocycles. The summed E-state index contributed by atoms with van der Waals surface area (Å²) in [5, 5.41) is 10.9. The van der Waals surface area contributed by atoms with Gasteiger partial charge in [-0.25, -0.2) is 0 Å². The summed E-state index contributed by atoms with van der Waals surface area (Å²) in [4.78, 5) is 24.3. The van der Waals surface area contributed by atoms with Gasteiger partial charge in [0.2, 0.25) is 0 Å². The van der Waals surface area contributed by atoms with E-state index in [1.807, 2.05) is 30.3 Å². The van der Waals surface area contributed by atoms with Gasteiger partial charge in [0.1, 0.15) is 0 Å². The minimum Gasteiger partial charge on any atom is -0.321 e. The van der Waals surface area contributed by atoms with Gasteiger partial charge in [0.15, 0.2) is 0 Å². The molecule has 0 unspecified atom stereocenters. The van der Waals surface area contributed by atoms with Gasteiger partial charge in [0.25, 0.3) is 0 Å². The lowest BCUT2D eigenvalue weighted by atomic mass is 10.0. The zero-order valence-electron chi connectivity index (χ0n) is 9.84. The first kappa shape index (κ1) is 12.0. The average molecular weight is 244 g/mol. The van der Waals surface area contributed by atoms with E-state index < -0.39 is 10.5 Å². The highest BCUT2D eigenvalue weighted by molar-refractivity contribution is 5.42. The molecule has 18 heavy (non-hydrogen) atoms. The van der Waals surface area contributed by atoms with Crippen molar-refractivity contribution >= 4 is 5.69 Å². The van der Waals surface area contributed by atoms with E-state index in [1.165, 1.54) is 0 Å². The minimum absolute atomic E-state index is 0.371. The molecular weight excluding hydrogens is 232 g/mol. The summed E-state index contributed by atoms with van der Waals surface area (Å²) in [5.41, 5.74) is 0.977. The molecule has 1 heterocycles. The Morgan fingerprint density at radius 3 is 2.56 bits per heavy atom. The number of aromatic amines is 1. The summed E-state index contributed by atoms with van der Waals surface area (Å²) in [6, 6.07) is 11.0. The Balaban J connectivity index is 2.50. The molecule has 92 valence electrons. The number of benzene rings is 1. The molecule has 0 radical (unpaired) electrons. The van der Waals surface area contributed by atoms with Gasteiger partial charge in [-0.3, -0.25) is 14.9 Å². The molecule has 0 amide bonds. The third kappa shape index (κ3) is 2.45. The maximum Gasteiger partial charge on any atom is 0.337 e. The standard InChI is InChI=1S/C13H12N2O3/c1-9-7-11(8-10-5-3-2-4-6-10)12(15(17)18)13(16)14-9/h2-7H,8H2,1H3,(H,14,16). The predicted molar refractivity (Wildman–Crippen MR) is 67.7 cm³/mol. The molecule has 0 atom stereocenters.